The molecule has 0 aliphatic carbocycles. The van der Waals surface area contributed by atoms with Gasteiger partial charge in [-0.05, 0) is 52.3 Å². The Morgan fingerprint density at radius 1 is 1.00 bits per heavy atom. The molecule has 1 aromatic carbocycles. The highest BCUT2D eigenvalue weighted by Crippen LogP contribution is 2.27. The number of benzene rings is 1. The van der Waals surface area contributed by atoms with E-state index >= 15 is 0 Å². The van der Waals surface area contributed by atoms with E-state index in [1.54, 1.807) is 6.07 Å². The molecule has 0 heterocycles. The first-order valence-corrected chi connectivity index (χ1v) is 6.65. The standard InChI is InChI=1S/C14H20Cl2O2/c1-13(2,3)17-18-14(4,5)9-10-6-7-11(15)8-12(10)16/h6-8H,9H2,1-5H3. The van der Waals surface area contributed by atoms with Crippen LogP contribution in [0.2, 0.25) is 10.0 Å². The Kier molecular flexibility index (Phi) is 5.07. The SMILES string of the molecule is CC(C)(C)OOC(C)(C)Cc1ccc(Cl)cc1Cl. The second-order valence-corrected chi connectivity index (χ2v) is 6.79. The molecular formula is C14H20Cl2O2. The van der Waals surface area contributed by atoms with Gasteiger partial charge in [-0.3, -0.25) is 0 Å². The first kappa shape index (κ1) is 15.8. The Bertz CT molecular complexity index is 409. The summed E-state index contributed by atoms with van der Waals surface area (Å²) in [6, 6.07) is 5.47. The largest absolute Gasteiger partial charge is 0.230 e. The lowest BCUT2D eigenvalue weighted by Crippen LogP contribution is -2.32. The molecular weight excluding hydrogens is 271 g/mol. The van der Waals surface area contributed by atoms with E-state index in [-0.39, 0.29) is 5.60 Å². The van der Waals surface area contributed by atoms with Gasteiger partial charge in [-0.1, -0.05) is 29.3 Å². The maximum atomic E-state index is 6.14. The van der Waals surface area contributed by atoms with Crippen molar-refractivity contribution in [3.8, 4) is 0 Å². The van der Waals surface area contributed by atoms with Gasteiger partial charge in [0.25, 0.3) is 0 Å². The smallest absolute Gasteiger partial charge is 0.102 e. The third kappa shape index (κ3) is 5.57. The van der Waals surface area contributed by atoms with Gasteiger partial charge in [-0.25, -0.2) is 9.78 Å². The molecule has 0 N–H and O–H groups in total. The van der Waals surface area contributed by atoms with Crippen molar-refractivity contribution in [2.45, 2.75) is 52.2 Å². The molecule has 0 spiro atoms. The lowest BCUT2D eigenvalue weighted by atomic mass is 9.99. The van der Waals surface area contributed by atoms with E-state index in [0.717, 1.165) is 5.56 Å². The summed E-state index contributed by atoms with van der Waals surface area (Å²) in [5.41, 5.74) is 0.204. The van der Waals surface area contributed by atoms with E-state index in [1.165, 1.54) is 0 Å². The number of hydrogen-bond acceptors (Lipinski definition) is 2. The van der Waals surface area contributed by atoms with Crippen molar-refractivity contribution in [2.24, 2.45) is 0 Å². The molecule has 0 saturated heterocycles. The van der Waals surface area contributed by atoms with Gasteiger partial charge in [0.15, 0.2) is 0 Å². The molecule has 0 bridgehead atoms. The summed E-state index contributed by atoms with van der Waals surface area (Å²) in [6.07, 6.45) is 0.652. The van der Waals surface area contributed by atoms with Crippen LogP contribution in [0, 0.1) is 0 Å². The van der Waals surface area contributed by atoms with Crippen LogP contribution in [0.15, 0.2) is 18.2 Å². The Hall–Kier alpha value is -0.280. The lowest BCUT2D eigenvalue weighted by molar-refractivity contribution is -0.396. The van der Waals surface area contributed by atoms with E-state index in [1.807, 2.05) is 46.8 Å². The third-order valence-corrected chi connectivity index (χ3v) is 2.74. The van der Waals surface area contributed by atoms with Gasteiger partial charge in [0.2, 0.25) is 0 Å². The maximum Gasteiger partial charge on any atom is 0.102 e. The van der Waals surface area contributed by atoms with Gasteiger partial charge in [-0.15, -0.1) is 0 Å². The molecule has 2 nitrogen and oxygen atoms in total. The van der Waals surface area contributed by atoms with E-state index in [9.17, 15) is 0 Å². The number of halogens is 2. The highest BCUT2D eigenvalue weighted by molar-refractivity contribution is 6.35. The lowest BCUT2D eigenvalue weighted by Gasteiger charge is -2.28. The molecule has 0 aliphatic rings. The molecule has 0 radical (unpaired) electrons. The highest BCUT2D eigenvalue weighted by atomic mass is 35.5. The van der Waals surface area contributed by atoms with Gasteiger partial charge in [-0.2, -0.15) is 0 Å². The summed E-state index contributed by atoms with van der Waals surface area (Å²) >= 11 is 12.0. The molecule has 18 heavy (non-hydrogen) atoms. The normalized spacial score (nSPS) is 12.8. The molecule has 0 aliphatic heterocycles. The fourth-order valence-corrected chi connectivity index (χ4v) is 1.87. The van der Waals surface area contributed by atoms with Gasteiger partial charge in [0.1, 0.15) is 5.60 Å². The van der Waals surface area contributed by atoms with Crippen LogP contribution in [-0.4, -0.2) is 11.2 Å². The second kappa shape index (κ2) is 5.79. The van der Waals surface area contributed by atoms with Crippen molar-refractivity contribution in [3.63, 3.8) is 0 Å². The molecule has 0 atom stereocenters. The van der Waals surface area contributed by atoms with E-state index in [2.05, 4.69) is 0 Å². The van der Waals surface area contributed by atoms with Crippen LogP contribution < -0.4 is 0 Å². The summed E-state index contributed by atoms with van der Waals surface area (Å²) < 4.78 is 0. The highest BCUT2D eigenvalue weighted by Gasteiger charge is 2.25. The van der Waals surface area contributed by atoms with Crippen molar-refractivity contribution >= 4 is 23.2 Å². The Morgan fingerprint density at radius 3 is 2.11 bits per heavy atom. The molecule has 0 fully saturated rings. The van der Waals surface area contributed by atoms with Crippen LogP contribution in [0.3, 0.4) is 0 Å². The zero-order valence-corrected chi connectivity index (χ0v) is 13.0. The Balaban J connectivity index is 2.70. The molecule has 102 valence electrons. The molecule has 1 aromatic rings. The average Bonchev–Trinajstić information content (AvgIpc) is 2.19. The molecule has 0 aromatic heterocycles. The van der Waals surface area contributed by atoms with E-state index in [0.29, 0.717) is 16.5 Å². The second-order valence-electron chi connectivity index (χ2n) is 5.95. The average molecular weight is 291 g/mol. The first-order valence-electron chi connectivity index (χ1n) is 5.90. The summed E-state index contributed by atoms with van der Waals surface area (Å²) in [6.45, 7) is 9.75. The minimum atomic E-state index is -0.454. The van der Waals surface area contributed by atoms with Crippen LogP contribution in [-0.2, 0) is 16.2 Å². The third-order valence-electron chi connectivity index (χ3n) is 2.15. The Labute approximate surface area is 119 Å². The van der Waals surface area contributed by atoms with Crippen molar-refractivity contribution in [2.75, 3.05) is 0 Å². The monoisotopic (exact) mass is 290 g/mol. The summed E-state index contributed by atoms with van der Waals surface area (Å²) in [5, 5.41) is 1.28. The minimum absolute atomic E-state index is 0.332. The molecule has 0 unspecified atom stereocenters. The van der Waals surface area contributed by atoms with Crippen LogP contribution in [0.5, 0.6) is 0 Å². The summed E-state index contributed by atoms with van der Waals surface area (Å²) in [4.78, 5) is 10.9. The predicted molar refractivity (Wildman–Crippen MR) is 76.2 cm³/mol. The number of hydrogen-bond donors (Lipinski definition) is 0. The van der Waals surface area contributed by atoms with Crippen molar-refractivity contribution in [3.05, 3.63) is 33.8 Å². The van der Waals surface area contributed by atoms with Crippen LogP contribution in [0.4, 0.5) is 0 Å². The van der Waals surface area contributed by atoms with Crippen LogP contribution in [0.1, 0.15) is 40.2 Å². The van der Waals surface area contributed by atoms with Gasteiger partial charge in [0, 0.05) is 16.5 Å². The van der Waals surface area contributed by atoms with Gasteiger partial charge in [0.05, 0.1) is 5.60 Å². The minimum Gasteiger partial charge on any atom is -0.230 e. The molecule has 0 amide bonds. The number of rotatable bonds is 4. The molecule has 1 rings (SSSR count). The fraction of sp³-hybridized carbons (Fsp3) is 0.571. The Morgan fingerprint density at radius 2 is 1.61 bits per heavy atom. The van der Waals surface area contributed by atoms with Crippen molar-refractivity contribution in [1.82, 2.24) is 0 Å². The predicted octanol–water partition coefficient (Wildman–Crippen LogP) is 5.06. The topological polar surface area (TPSA) is 18.5 Å². The van der Waals surface area contributed by atoms with Crippen LogP contribution in [0.25, 0.3) is 0 Å². The quantitative estimate of drug-likeness (QED) is 0.570. The fourth-order valence-electron chi connectivity index (χ4n) is 1.39. The van der Waals surface area contributed by atoms with E-state index < -0.39 is 5.60 Å². The van der Waals surface area contributed by atoms with E-state index in [4.69, 9.17) is 33.0 Å². The van der Waals surface area contributed by atoms with Crippen LogP contribution >= 0.6 is 23.2 Å². The maximum absolute atomic E-state index is 6.14. The van der Waals surface area contributed by atoms with Gasteiger partial charge >= 0.3 is 0 Å². The van der Waals surface area contributed by atoms with Crippen molar-refractivity contribution < 1.29 is 9.78 Å². The molecule has 0 saturated carbocycles. The zero-order valence-electron chi connectivity index (χ0n) is 11.5. The summed E-state index contributed by atoms with van der Waals surface area (Å²) in [5.74, 6) is 0. The zero-order chi connectivity index (χ0) is 14.0. The van der Waals surface area contributed by atoms with Gasteiger partial charge < -0.3 is 0 Å². The van der Waals surface area contributed by atoms with Crippen molar-refractivity contribution in [1.29, 1.82) is 0 Å². The molecule has 4 heteroatoms. The summed E-state index contributed by atoms with van der Waals surface area (Å²) in [7, 11) is 0. The first-order chi connectivity index (χ1) is 8.09.